The van der Waals surface area contributed by atoms with Gasteiger partial charge in [0.2, 0.25) is 0 Å². The summed E-state index contributed by atoms with van der Waals surface area (Å²) in [5.41, 5.74) is 0. The largest absolute Gasteiger partial charge is 1.00 e. The Labute approximate surface area is 98.8 Å². The molecule has 0 N–H and O–H groups in total. The third kappa shape index (κ3) is 10.5. The second-order valence-corrected chi connectivity index (χ2v) is 2.08. The first kappa shape index (κ1) is 14.1. The van der Waals surface area contributed by atoms with Crippen LogP contribution in [0.15, 0.2) is 35.2 Å². The van der Waals surface area contributed by atoms with E-state index in [9.17, 15) is 0 Å². The zero-order valence-corrected chi connectivity index (χ0v) is 9.77. The fraction of sp³-hybridized carbons (Fsp3) is 0. The summed E-state index contributed by atoms with van der Waals surface area (Å²) in [6.45, 7) is 0. The van der Waals surface area contributed by atoms with Crippen molar-refractivity contribution >= 4 is 30.0 Å². The van der Waals surface area contributed by atoms with Gasteiger partial charge in [-0.3, -0.25) is 0 Å². The Bertz CT molecular complexity index is 181. The molecule has 54 valence electrons. The van der Waals surface area contributed by atoms with Crippen LogP contribution in [-0.2, 0) is 4.79 Å². The van der Waals surface area contributed by atoms with E-state index in [-0.39, 0.29) is 29.6 Å². The van der Waals surface area contributed by atoms with E-state index in [4.69, 9.17) is 4.79 Å². The Balaban J connectivity index is 0. The van der Waals surface area contributed by atoms with Gasteiger partial charge in [0.25, 0.3) is 0 Å². The minimum Gasteiger partial charge on any atom is -0.525 e. The van der Waals surface area contributed by atoms with E-state index >= 15 is 0 Å². The van der Waals surface area contributed by atoms with Crippen molar-refractivity contribution in [3.63, 3.8) is 0 Å². The summed E-state index contributed by atoms with van der Waals surface area (Å²) in [4.78, 5) is 9.46. The zero-order chi connectivity index (χ0) is 7.82. The number of thiol groups is 1. The van der Waals surface area contributed by atoms with E-state index in [1.165, 1.54) is 0 Å². The van der Waals surface area contributed by atoms with Gasteiger partial charge >= 0.3 is 29.6 Å². The molecule has 4 heteroatoms. The van der Waals surface area contributed by atoms with Crippen LogP contribution in [0.5, 0.6) is 0 Å². The van der Waals surface area contributed by atoms with Gasteiger partial charge in [-0.2, -0.15) is 5.75 Å². The molecule has 0 aromatic heterocycles. The first-order chi connectivity index (χ1) is 4.81. The first-order valence-corrected chi connectivity index (χ1v) is 3.35. The molecule has 0 saturated carbocycles. The molecule has 0 saturated heterocycles. The van der Waals surface area contributed by atoms with E-state index < -0.39 is 0 Å². The predicted molar refractivity (Wildman–Crippen MR) is 45.2 cm³/mol. The smallest absolute Gasteiger partial charge is 0.525 e. The number of hydrogen-bond acceptors (Lipinski definition) is 2. The van der Waals surface area contributed by atoms with Crippen molar-refractivity contribution in [2.24, 2.45) is 0 Å². The molecule has 0 heterocycles. The summed E-state index contributed by atoms with van der Waals surface area (Å²) < 4.78 is 0. The maximum Gasteiger partial charge on any atom is 1.00 e. The molecule has 1 nitrogen and oxygen atoms in total. The van der Waals surface area contributed by atoms with Gasteiger partial charge < -0.3 is 16.4 Å². The third-order valence-electron chi connectivity index (χ3n) is 0.756. The average Bonchev–Trinajstić information content (AvgIpc) is 1.91. The summed E-state index contributed by atoms with van der Waals surface area (Å²) >= 11 is 8.28. The van der Waals surface area contributed by atoms with Gasteiger partial charge in [-0.15, -0.1) is 12.6 Å². The molecule has 0 aliphatic rings. The van der Waals surface area contributed by atoms with Crippen molar-refractivity contribution in [1.82, 2.24) is 0 Å². The fourth-order valence-corrected chi connectivity index (χ4v) is 0.600. The minimum absolute atomic E-state index is 0. The normalized spacial score (nSPS) is 6.73. The van der Waals surface area contributed by atoms with Crippen LogP contribution in [0.2, 0.25) is 0 Å². The van der Waals surface area contributed by atoms with Gasteiger partial charge in [-0.05, 0) is 12.1 Å². The Morgan fingerprint density at radius 1 is 1.27 bits per heavy atom. The predicted octanol–water partition coefficient (Wildman–Crippen LogP) is -0.728. The van der Waals surface area contributed by atoms with Gasteiger partial charge in [0.1, 0.15) is 0 Å². The third-order valence-corrected chi connectivity index (χ3v) is 1.05. The SMILES string of the molecule is O=[C-]Cl.Sc1ccccc1.[Na+]. The van der Waals surface area contributed by atoms with Crippen LogP contribution in [0, 0.1) is 0 Å². The van der Waals surface area contributed by atoms with Crippen LogP contribution in [0.25, 0.3) is 0 Å². The number of rotatable bonds is 0. The summed E-state index contributed by atoms with van der Waals surface area (Å²) in [7, 11) is 0. The van der Waals surface area contributed by atoms with Crippen molar-refractivity contribution in [3.05, 3.63) is 30.3 Å². The molecule has 1 rings (SSSR count). The van der Waals surface area contributed by atoms with Gasteiger partial charge in [0.05, 0.1) is 0 Å². The molecule has 1 aromatic rings. The number of carbonyl (C=O) groups excluding carboxylic acids is 1. The van der Waals surface area contributed by atoms with Gasteiger partial charge in [0.15, 0.2) is 0 Å². The molecule has 0 fully saturated rings. The first-order valence-electron chi connectivity index (χ1n) is 2.53. The van der Waals surface area contributed by atoms with E-state index in [0.717, 1.165) is 10.6 Å². The molecule has 0 atom stereocenters. The summed E-state index contributed by atoms with van der Waals surface area (Å²) in [6, 6.07) is 9.79. The monoisotopic (exact) mass is 196 g/mol. The fourth-order valence-electron chi connectivity index (χ4n) is 0.428. The molecule has 0 radical (unpaired) electrons. The number of hydrogen-bond donors (Lipinski definition) is 1. The maximum absolute atomic E-state index is 8.45. The van der Waals surface area contributed by atoms with Gasteiger partial charge in [0, 0.05) is 4.90 Å². The molecular formula is C7H6ClNaOS. The topological polar surface area (TPSA) is 17.1 Å². The molecule has 0 aliphatic heterocycles. The molecule has 11 heavy (non-hydrogen) atoms. The molecule has 0 spiro atoms. The van der Waals surface area contributed by atoms with Crippen LogP contribution in [0.3, 0.4) is 0 Å². The van der Waals surface area contributed by atoms with Crippen molar-refractivity contribution in [2.45, 2.75) is 4.90 Å². The maximum atomic E-state index is 8.45. The van der Waals surface area contributed by atoms with Crippen LogP contribution in [0.4, 0.5) is 0 Å². The quantitative estimate of drug-likeness (QED) is 0.251. The van der Waals surface area contributed by atoms with E-state index in [1.807, 2.05) is 30.3 Å². The van der Waals surface area contributed by atoms with Crippen LogP contribution in [-0.4, -0.2) is 5.75 Å². The van der Waals surface area contributed by atoms with Gasteiger partial charge in [-0.25, -0.2) is 0 Å². The molecule has 0 amide bonds. The molecule has 1 aromatic carbocycles. The standard InChI is InChI=1S/C6H6S.CClO.Na/c7-6-4-2-1-3-5-6;2-1-3;/h1-5,7H;;/q;-1;+1. The summed E-state index contributed by atoms with van der Waals surface area (Å²) in [6.07, 6.45) is 0. The molecule has 0 unspecified atom stereocenters. The van der Waals surface area contributed by atoms with Crippen LogP contribution < -0.4 is 29.6 Å². The van der Waals surface area contributed by atoms with E-state index in [0.29, 0.717) is 0 Å². The minimum atomic E-state index is 0. The van der Waals surface area contributed by atoms with E-state index in [2.05, 4.69) is 24.2 Å². The second kappa shape index (κ2) is 10.5. The average molecular weight is 197 g/mol. The Morgan fingerprint density at radius 3 is 1.82 bits per heavy atom. The van der Waals surface area contributed by atoms with Crippen molar-refractivity contribution < 1.29 is 34.4 Å². The van der Waals surface area contributed by atoms with Gasteiger partial charge in [-0.1, -0.05) is 18.2 Å². The zero-order valence-electron chi connectivity index (χ0n) is 6.12. The van der Waals surface area contributed by atoms with Crippen molar-refractivity contribution in [2.75, 3.05) is 0 Å². The number of halogens is 1. The van der Waals surface area contributed by atoms with Crippen molar-refractivity contribution in [3.8, 4) is 0 Å². The Hall–Kier alpha value is 0.530. The van der Waals surface area contributed by atoms with Crippen LogP contribution >= 0.6 is 24.2 Å². The second-order valence-electron chi connectivity index (χ2n) is 1.41. The van der Waals surface area contributed by atoms with Crippen LogP contribution in [0.1, 0.15) is 0 Å². The Morgan fingerprint density at radius 2 is 1.64 bits per heavy atom. The summed E-state index contributed by atoms with van der Waals surface area (Å²) in [5.74, 6) is 0.972. The Kier molecular flexibility index (Phi) is 13.5. The molecule has 0 bridgehead atoms. The van der Waals surface area contributed by atoms with E-state index in [1.54, 1.807) is 0 Å². The summed E-state index contributed by atoms with van der Waals surface area (Å²) in [5, 5.41) is 0. The molecular weight excluding hydrogens is 191 g/mol. The van der Waals surface area contributed by atoms with Crippen molar-refractivity contribution in [1.29, 1.82) is 0 Å². The molecule has 0 aliphatic carbocycles. The number of benzene rings is 1.